The highest BCUT2D eigenvalue weighted by atomic mass is 16.5. The standard InChI is InChI=1S/C13H26O3.C2H6/c1-6-12(14)13(4,5)7-8-15-9-10-16-11(2)3;1-2/h11H,6-10H2,1-5H3;1-2H3. The molecule has 0 bridgehead atoms. The Bertz CT molecular complexity index is 198. The van der Waals surface area contributed by atoms with E-state index in [0.717, 1.165) is 6.42 Å². The van der Waals surface area contributed by atoms with E-state index < -0.39 is 0 Å². The highest BCUT2D eigenvalue weighted by Gasteiger charge is 2.25. The Kier molecular flexibility index (Phi) is 12.9. The highest BCUT2D eigenvalue weighted by molar-refractivity contribution is 5.83. The van der Waals surface area contributed by atoms with Gasteiger partial charge < -0.3 is 9.47 Å². The summed E-state index contributed by atoms with van der Waals surface area (Å²) in [7, 11) is 0. The van der Waals surface area contributed by atoms with Crippen molar-refractivity contribution in [2.45, 2.75) is 67.4 Å². The van der Waals surface area contributed by atoms with E-state index in [0.29, 0.717) is 32.0 Å². The van der Waals surface area contributed by atoms with E-state index in [9.17, 15) is 4.79 Å². The van der Waals surface area contributed by atoms with Gasteiger partial charge in [-0.2, -0.15) is 0 Å². The van der Waals surface area contributed by atoms with E-state index >= 15 is 0 Å². The van der Waals surface area contributed by atoms with Gasteiger partial charge in [-0.15, -0.1) is 0 Å². The minimum atomic E-state index is -0.256. The van der Waals surface area contributed by atoms with Gasteiger partial charge in [0.2, 0.25) is 0 Å². The van der Waals surface area contributed by atoms with Crippen LogP contribution in [0.3, 0.4) is 0 Å². The number of carbonyl (C=O) groups is 1. The largest absolute Gasteiger partial charge is 0.379 e. The van der Waals surface area contributed by atoms with E-state index in [1.807, 2.05) is 48.5 Å². The summed E-state index contributed by atoms with van der Waals surface area (Å²) in [5, 5.41) is 0. The molecular formula is C15H32O3. The third kappa shape index (κ3) is 10.7. The first-order chi connectivity index (χ1) is 8.40. The van der Waals surface area contributed by atoms with E-state index in [-0.39, 0.29) is 11.5 Å². The number of hydrogen-bond acceptors (Lipinski definition) is 3. The van der Waals surface area contributed by atoms with Crippen molar-refractivity contribution in [2.75, 3.05) is 19.8 Å². The molecule has 0 aliphatic rings. The average molecular weight is 260 g/mol. The molecule has 0 aromatic heterocycles. The molecule has 0 saturated carbocycles. The number of ether oxygens (including phenoxy) is 2. The molecule has 0 unspecified atom stereocenters. The number of carbonyl (C=O) groups excluding carboxylic acids is 1. The fourth-order valence-electron chi connectivity index (χ4n) is 1.39. The minimum Gasteiger partial charge on any atom is -0.379 e. The lowest BCUT2D eigenvalue weighted by atomic mass is 9.84. The first-order valence-corrected chi connectivity index (χ1v) is 7.12. The summed E-state index contributed by atoms with van der Waals surface area (Å²) < 4.78 is 10.8. The van der Waals surface area contributed by atoms with Gasteiger partial charge in [-0.3, -0.25) is 4.79 Å². The molecule has 0 aliphatic carbocycles. The molecule has 0 heterocycles. The molecular weight excluding hydrogens is 228 g/mol. The van der Waals surface area contributed by atoms with Gasteiger partial charge in [-0.25, -0.2) is 0 Å². The van der Waals surface area contributed by atoms with Crippen LogP contribution in [0.15, 0.2) is 0 Å². The maximum atomic E-state index is 11.6. The van der Waals surface area contributed by atoms with Crippen LogP contribution in [0.25, 0.3) is 0 Å². The van der Waals surface area contributed by atoms with Gasteiger partial charge >= 0.3 is 0 Å². The van der Waals surface area contributed by atoms with Crippen LogP contribution in [0.2, 0.25) is 0 Å². The van der Waals surface area contributed by atoms with Gasteiger partial charge in [0.25, 0.3) is 0 Å². The monoisotopic (exact) mass is 260 g/mol. The quantitative estimate of drug-likeness (QED) is 0.591. The summed E-state index contributed by atoms with van der Waals surface area (Å²) in [5.41, 5.74) is -0.256. The fraction of sp³-hybridized carbons (Fsp3) is 0.933. The Morgan fingerprint density at radius 3 is 2.11 bits per heavy atom. The molecule has 3 heteroatoms. The topological polar surface area (TPSA) is 35.5 Å². The zero-order valence-corrected chi connectivity index (χ0v) is 13.3. The van der Waals surface area contributed by atoms with Crippen molar-refractivity contribution < 1.29 is 14.3 Å². The Morgan fingerprint density at radius 1 is 1.11 bits per heavy atom. The maximum absolute atomic E-state index is 11.6. The number of hydrogen-bond donors (Lipinski definition) is 0. The molecule has 110 valence electrons. The van der Waals surface area contributed by atoms with Crippen LogP contribution < -0.4 is 0 Å². The molecule has 0 N–H and O–H groups in total. The summed E-state index contributed by atoms with van der Waals surface area (Å²) in [6.07, 6.45) is 1.63. The van der Waals surface area contributed by atoms with Crippen molar-refractivity contribution in [1.29, 1.82) is 0 Å². The van der Waals surface area contributed by atoms with E-state index in [1.54, 1.807) is 0 Å². The van der Waals surface area contributed by atoms with Crippen molar-refractivity contribution in [1.82, 2.24) is 0 Å². The highest BCUT2D eigenvalue weighted by Crippen LogP contribution is 2.22. The summed E-state index contributed by atoms with van der Waals surface area (Å²) in [5.74, 6) is 0.300. The minimum absolute atomic E-state index is 0.252. The molecule has 0 fully saturated rings. The second kappa shape index (κ2) is 11.7. The van der Waals surface area contributed by atoms with Crippen LogP contribution in [-0.4, -0.2) is 31.7 Å². The lowest BCUT2D eigenvalue weighted by molar-refractivity contribution is -0.127. The summed E-state index contributed by atoms with van der Waals surface area (Å²) in [6.45, 7) is 15.7. The van der Waals surface area contributed by atoms with Gasteiger partial charge in [-0.1, -0.05) is 34.6 Å². The maximum Gasteiger partial charge on any atom is 0.138 e. The fourth-order valence-corrected chi connectivity index (χ4v) is 1.39. The Morgan fingerprint density at radius 2 is 1.67 bits per heavy atom. The number of Topliss-reactive ketones (excluding diaryl/α,β-unsaturated/α-hetero) is 1. The average Bonchev–Trinajstić information content (AvgIpc) is 2.34. The van der Waals surface area contributed by atoms with Crippen LogP contribution in [0.5, 0.6) is 0 Å². The van der Waals surface area contributed by atoms with Crippen LogP contribution in [0.4, 0.5) is 0 Å². The smallest absolute Gasteiger partial charge is 0.138 e. The second-order valence-corrected chi connectivity index (χ2v) is 4.94. The SMILES string of the molecule is CC.CCC(=O)C(C)(C)CCOCCOC(C)C. The summed E-state index contributed by atoms with van der Waals surface area (Å²) >= 11 is 0. The number of rotatable bonds is 9. The Hall–Kier alpha value is -0.410. The molecule has 0 rings (SSSR count). The third-order valence-corrected chi connectivity index (χ3v) is 2.63. The lowest BCUT2D eigenvalue weighted by Crippen LogP contribution is -2.25. The van der Waals surface area contributed by atoms with Crippen molar-refractivity contribution in [3.8, 4) is 0 Å². The predicted molar refractivity (Wildman–Crippen MR) is 77.0 cm³/mol. The van der Waals surface area contributed by atoms with Crippen molar-refractivity contribution in [3.05, 3.63) is 0 Å². The van der Waals surface area contributed by atoms with Crippen molar-refractivity contribution in [2.24, 2.45) is 5.41 Å². The molecule has 0 amide bonds. The van der Waals surface area contributed by atoms with Crippen molar-refractivity contribution >= 4 is 5.78 Å². The molecule has 0 atom stereocenters. The molecule has 0 aliphatic heterocycles. The molecule has 0 spiro atoms. The summed E-state index contributed by atoms with van der Waals surface area (Å²) in [6, 6.07) is 0. The zero-order valence-electron chi connectivity index (χ0n) is 13.3. The van der Waals surface area contributed by atoms with Gasteiger partial charge in [0.15, 0.2) is 0 Å². The Balaban J connectivity index is 0. The van der Waals surface area contributed by atoms with Gasteiger partial charge in [0, 0.05) is 18.4 Å². The first-order valence-electron chi connectivity index (χ1n) is 7.12. The molecule has 0 radical (unpaired) electrons. The van der Waals surface area contributed by atoms with Crippen LogP contribution in [-0.2, 0) is 14.3 Å². The molecule has 3 nitrogen and oxygen atoms in total. The lowest BCUT2D eigenvalue weighted by Gasteiger charge is -2.22. The molecule has 0 aromatic rings. The first kappa shape index (κ1) is 19.9. The predicted octanol–water partition coefficient (Wildman–Crippen LogP) is 3.85. The molecule has 0 saturated heterocycles. The zero-order chi connectivity index (χ0) is 14.6. The van der Waals surface area contributed by atoms with Gasteiger partial charge in [0.1, 0.15) is 5.78 Å². The third-order valence-electron chi connectivity index (χ3n) is 2.63. The van der Waals surface area contributed by atoms with Crippen molar-refractivity contribution in [3.63, 3.8) is 0 Å². The van der Waals surface area contributed by atoms with E-state index in [1.165, 1.54) is 0 Å². The van der Waals surface area contributed by atoms with Crippen LogP contribution in [0, 0.1) is 5.41 Å². The van der Waals surface area contributed by atoms with Crippen LogP contribution in [0.1, 0.15) is 61.3 Å². The molecule has 18 heavy (non-hydrogen) atoms. The van der Waals surface area contributed by atoms with Gasteiger partial charge in [-0.05, 0) is 20.3 Å². The second-order valence-electron chi connectivity index (χ2n) is 4.94. The Labute approximate surface area is 113 Å². The van der Waals surface area contributed by atoms with Crippen LogP contribution >= 0.6 is 0 Å². The van der Waals surface area contributed by atoms with E-state index in [4.69, 9.17) is 9.47 Å². The van der Waals surface area contributed by atoms with E-state index in [2.05, 4.69) is 0 Å². The molecule has 0 aromatic carbocycles. The number of ketones is 1. The van der Waals surface area contributed by atoms with Gasteiger partial charge in [0.05, 0.1) is 19.3 Å². The summed E-state index contributed by atoms with van der Waals surface area (Å²) in [4.78, 5) is 11.6. The normalized spacial score (nSPS) is 11.1.